The Labute approximate surface area is 134 Å². The van der Waals surface area contributed by atoms with Crippen molar-refractivity contribution in [2.24, 2.45) is 5.41 Å². The summed E-state index contributed by atoms with van der Waals surface area (Å²) in [7, 11) is 0. The van der Waals surface area contributed by atoms with E-state index >= 15 is 0 Å². The van der Waals surface area contributed by atoms with E-state index < -0.39 is 11.4 Å². The first-order chi connectivity index (χ1) is 11.1. The van der Waals surface area contributed by atoms with Gasteiger partial charge in [0.2, 0.25) is 5.91 Å². The highest BCUT2D eigenvalue weighted by molar-refractivity contribution is 5.85. The van der Waals surface area contributed by atoms with Gasteiger partial charge in [0, 0.05) is 24.9 Å². The van der Waals surface area contributed by atoms with E-state index in [1.807, 2.05) is 18.2 Å². The van der Waals surface area contributed by atoms with Crippen LogP contribution < -0.4 is 14.8 Å². The molecule has 1 aliphatic carbocycles. The molecular weight excluding hydrogens is 298 g/mol. The Kier molecular flexibility index (Phi) is 4.41. The van der Waals surface area contributed by atoms with Crippen molar-refractivity contribution < 1.29 is 24.2 Å². The third-order valence-corrected chi connectivity index (χ3v) is 4.59. The van der Waals surface area contributed by atoms with Crippen LogP contribution >= 0.6 is 0 Å². The fourth-order valence-corrected chi connectivity index (χ4v) is 3.03. The zero-order valence-corrected chi connectivity index (χ0v) is 13.0. The number of hydrogen-bond donors (Lipinski definition) is 2. The van der Waals surface area contributed by atoms with Crippen molar-refractivity contribution in [1.29, 1.82) is 0 Å². The van der Waals surface area contributed by atoms with Crippen molar-refractivity contribution in [2.75, 3.05) is 13.2 Å². The number of fused-ring (bicyclic) bond motifs is 1. The lowest BCUT2D eigenvalue weighted by Crippen LogP contribution is -2.42. The lowest BCUT2D eigenvalue weighted by atomic mass is 9.66. The molecule has 1 fully saturated rings. The summed E-state index contributed by atoms with van der Waals surface area (Å²) in [5.41, 5.74) is -0.0205. The number of carbonyl (C=O) groups is 2. The topological polar surface area (TPSA) is 84.9 Å². The molecular formula is C17H21NO5. The molecule has 1 aromatic carbocycles. The number of benzene rings is 1. The van der Waals surface area contributed by atoms with Crippen molar-refractivity contribution in [3.8, 4) is 11.5 Å². The fraction of sp³-hybridized carbons (Fsp3) is 0.529. The van der Waals surface area contributed by atoms with Crippen molar-refractivity contribution in [3.05, 3.63) is 23.8 Å². The minimum Gasteiger partial charge on any atom is -0.490 e. The van der Waals surface area contributed by atoms with Gasteiger partial charge in [0.25, 0.3) is 0 Å². The van der Waals surface area contributed by atoms with Gasteiger partial charge in [0.05, 0.1) is 18.6 Å². The average Bonchev–Trinajstić information content (AvgIpc) is 2.74. The average molecular weight is 319 g/mol. The summed E-state index contributed by atoms with van der Waals surface area (Å²) < 4.78 is 11.3. The van der Waals surface area contributed by atoms with E-state index in [-0.39, 0.29) is 12.3 Å². The first-order valence-corrected chi connectivity index (χ1v) is 7.98. The number of carbonyl (C=O) groups excluding carboxylic acids is 1. The smallest absolute Gasteiger partial charge is 0.310 e. The molecule has 1 saturated carbocycles. The summed E-state index contributed by atoms with van der Waals surface area (Å²) in [6.07, 6.45) is 2.88. The number of amides is 1. The van der Waals surface area contributed by atoms with E-state index in [2.05, 4.69) is 5.32 Å². The standard InChI is InChI=1S/C17H21NO5/c19-14(10-17(16(20)21)6-2-7-17)18-11-12-4-1-5-13-15(12)23-9-3-8-22-13/h1,4-5H,2-3,6-11H2,(H,18,19)(H,20,21). The molecule has 2 N–H and O–H groups in total. The molecule has 6 nitrogen and oxygen atoms in total. The zero-order valence-electron chi connectivity index (χ0n) is 13.0. The molecule has 0 radical (unpaired) electrons. The molecule has 1 amide bonds. The van der Waals surface area contributed by atoms with Crippen LogP contribution in [0, 0.1) is 5.41 Å². The highest BCUT2D eigenvalue weighted by Gasteiger charge is 2.45. The Balaban J connectivity index is 1.62. The Morgan fingerprint density at radius 3 is 2.65 bits per heavy atom. The normalized spacial score (nSPS) is 18.4. The molecule has 6 heteroatoms. The van der Waals surface area contributed by atoms with E-state index in [0.717, 1.165) is 18.4 Å². The number of carboxylic acids is 1. The molecule has 2 aliphatic rings. The van der Waals surface area contributed by atoms with Crippen LogP contribution in [0.4, 0.5) is 0 Å². The van der Waals surface area contributed by atoms with Gasteiger partial charge in [-0.3, -0.25) is 9.59 Å². The number of nitrogens with one attached hydrogen (secondary N) is 1. The van der Waals surface area contributed by atoms with Crippen LogP contribution in [0.2, 0.25) is 0 Å². The second-order valence-corrected chi connectivity index (χ2v) is 6.19. The van der Waals surface area contributed by atoms with E-state index in [9.17, 15) is 14.7 Å². The van der Waals surface area contributed by atoms with Crippen LogP contribution in [0.5, 0.6) is 11.5 Å². The molecule has 0 saturated heterocycles. The predicted octanol–water partition coefficient (Wildman–Crippen LogP) is 2.11. The maximum absolute atomic E-state index is 12.1. The third kappa shape index (κ3) is 3.25. The number of ether oxygens (including phenoxy) is 2. The van der Waals surface area contributed by atoms with E-state index in [0.29, 0.717) is 44.1 Å². The highest BCUT2D eigenvalue weighted by atomic mass is 16.5. The number of rotatable bonds is 5. The highest BCUT2D eigenvalue weighted by Crippen LogP contribution is 2.44. The fourth-order valence-electron chi connectivity index (χ4n) is 3.03. The maximum Gasteiger partial charge on any atom is 0.310 e. The lowest BCUT2D eigenvalue weighted by Gasteiger charge is -2.36. The SMILES string of the molecule is O=C(CC1(C(=O)O)CCC1)NCc1cccc2c1OCCCO2. The summed E-state index contributed by atoms with van der Waals surface area (Å²) in [5.74, 6) is 0.251. The van der Waals surface area contributed by atoms with Gasteiger partial charge in [0.1, 0.15) is 0 Å². The molecule has 3 rings (SSSR count). The van der Waals surface area contributed by atoms with Gasteiger partial charge < -0.3 is 19.9 Å². The molecule has 0 atom stereocenters. The summed E-state index contributed by atoms with van der Waals surface area (Å²) in [4.78, 5) is 23.4. The van der Waals surface area contributed by atoms with E-state index in [1.165, 1.54) is 0 Å². The van der Waals surface area contributed by atoms with Crippen LogP contribution in [0.25, 0.3) is 0 Å². The van der Waals surface area contributed by atoms with Crippen LogP contribution in [0.1, 0.15) is 37.7 Å². The molecule has 1 aliphatic heterocycles. The van der Waals surface area contributed by atoms with Crippen molar-refractivity contribution >= 4 is 11.9 Å². The summed E-state index contributed by atoms with van der Waals surface area (Å²) >= 11 is 0. The van der Waals surface area contributed by atoms with Gasteiger partial charge in [0.15, 0.2) is 11.5 Å². The van der Waals surface area contributed by atoms with Gasteiger partial charge >= 0.3 is 5.97 Å². The van der Waals surface area contributed by atoms with E-state index in [4.69, 9.17) is 9.47 Å². The monoisotopic (exact) mass is 319 g/mol. The lowest BCUT2D eigenvalue weighted by molar-refractivity contribution is -0.157. The van der Waals surface area contributed by atoms with Crippen LogP contribution in [-0.2, 0) is 16.1 Å². The first-order valence-electron chi connectivity index (χ1n) is 7.98. The Bertz CT molecular complexity index is 609. The summed E-state index contributed by atoms with van der Waals surface area (Å²) in [6, 6.07) is 5.59. The first kappa shape index (κ1) is 15.6. The number of carboxylic acid groups (broad SMARTS) is 1. The van der Waals surface area contributed by atoms with Crippen LogP contribution in [0.3, 0.4) is 0 Å². The van der Waals surface area contributed by atoms with Crippen molar-refractivity contribution in [1.82, 2.24) is 5.32 Å². The number of para-hydroxylation sites is 1. The Morgan fingerprint density at radius 2 is 1.96 bits per heavy atom. The maximum atomic E-state index is 12.1. The molecule has 0 spiro atoms. The second kappa shape index (κ2) is 6.48. The summed E-state index contributed by atoms with van der Waals surface area (Å²) in [6.45, 7) is 1.51. The molecule has 1 heterocycles. The van der Waals surface area contributed by atoms with Crippen LogP contribution in [0.15, 0.2) is 18.2 Å². The van der Waals surface area contributed by atoms with Gasteiger partial charge in [-0.25, -0.2) is 0 Å². The molecule has 0 aromatic heterocycles. The predicted molar refractivity (Wildman–Crippen MR) is 82.4 cm³/mol. The largest absolute Gasteiger partial charge is 0.490 e. The van der Waals surface area contributed by atoms with Gasteiger partial charge in [-0.2, -0.15) is 0 Å². The molecule has 124 valence electrons. The van der Waals surface area contributed by atoms with Crippen molar-refractivity contribution in [2.45, 2.75) is 38.6 Å². The third-order valence-electron chi connectivity index (χ3n) is 4.59. The minimum absolute atomic E-state index is 0.0364. The molecule has 23 heavy (non-hydrogen) atoms. The minimum atomic E-state index is -0.871. The molecule has 0 unspecified atom stereocenters. The Morgan fingerprint density at radius 1 is 1.17 bits per heavy atom. The van der Waals surface area contributed by atoms with Gasteiger partial charge in [-0.05, 0) is 18.9 Å². The quantitative estimate of drug-likeness (QED) is 0.868. The number of hydrogen-bond acceptors (Lipinski definition) is 4. The van der Waals surface area contributed by atoms with Gasteiger partial charge in [-0.15, -0.1) is 0 Å². The Hall–Kier alpha value is -2.24. The molecule has 0 bridgehead atoms. The summed E-state index contributed by atoms with van der Waals surface area (Å²) in [5, 5.41) is 12.1. The number of aliphatic carboxylic acids is 1. The van der Waals surface area contributed by atoms with Crippen LogP contribution in [-0.4, -0.2) is 30.2 Å². The second-order valence-electron chi connectivity index (χ2n) is 6.19. The van der Waals surface area contributed by atoms with E-state index in [1.54, 1.807) is 0 Å². The molecule has 1 aromatic rings. The zero-order chi connectivity index (χ0) is 16.3. The van der Waals surface area contributed by atoms with Gasteiger partial charge in [-0.1, -0.05) is 18.6 Å². The van der Waals surface area contributed by atoms with Crippen molar-refractivity contribution in [3.63, 3.8) is 0 Å².